The van der Waals surface area contributed by atoms with Crippen LogP contribution in [0.3, 0.4) is 0 Å². The molecule has 0 atom stereocenters. The van der Waals surface area contributed by atoms with E-state index in [2.05, 4.69) is 90.9 Å². The number of benzene rings is 2. The summed E-state index contributed by atoms with van der Waals surface area (Å²) in [5, 5.41) is 0. The zero-order valence-corrected chi connectivity index (χ0v) is 21.4. The van der Waals surface area contributed by atoms with E-state index in [1.165, 1.54) is 59.1 Å². The van der Waals surface area contributed by atoms with Crippen LogP contribution in [0.5, 0.6) is 0 Å². The van der Waals surface area contributed by atoms with E-state index < -0.39 is 0 Å². The van der Waals surface area contributed by atoms with Crippen LogP contribution in [0.15, 0.2) is 48.7 Å². The lowest BCUT2D eigenvalue weighted by Crippen LogP contribution is -2.43. The van der Waals surface area contributed by atoms with Crippen LogP contribution in [0.1, 0.15) is 81.2 Å². The maximum Gasteiger partial charge on any atom is 0.0704 e. The molecule has 33 heavy (non-hydrogen) atoms. The standard InChI is InChI=1S/C32H37N/c1-20-8-10-24-25-11-9-23(28-13-21(2)22(3)15-33-28)14-27(25)32-18-29(4,5)16-31(32,26(24)12-20)17-30(6,7)19-32/h8-15H,16-19H2,1-7H3. The van der Waals surface area contributed by atoms with Crippen LogP contribution in [-0.4, -0.2) is 4.98 Å². The Morgan fingerprint density at radius 3 is 1.76 bits per heavy atom. The summed E-state index contributed by atoms with van der Waals surface area (Å²) in [6, 6.07) is 16.8. The Labute approximate surface area is 199 Å². The number of aromatic nitrogens is 1. The van der Waals surface area contributed by atoms with E-state index in [1.807, 2.05) is 6.20 Å². The Morgan fingerprint density at radius 2 is 1.18 bits per heavy atom. The largest absolute Gasteiger partial charge is 0.256 e. The Balaban J connectivity index is 1.68. The highest BCUT2D eigenvalue weighted by Gasteiger charge is 2.70. The fraction of sp³-hybridized carbons (Fsp3) is 0.469. The van der Waals surface area contributed by atoms with Crippen molar-refractivity contribution in [3.63, 3.8) is 0 Å². The van der Waals surface area contributed by atoms with Crippen molar-refractivity contribution in [2.45, 2.75) is 85.0 Å². The fourth-order valence-electron chi connectivity index (χ4n) is 8.50. The van der Waals surface area contributed by atoms with E-state index in [-0.39, 0.29) is 10.8 Å². The predicted octanol–water partition coefficient (Wildman–Crippen LogP) is 8.47. The van der Waals surface area contributed by atoms with Gasteiger partial charge in [-0.3, -0.25) is 4.98 Å². The van der Waals surface area contributed by atoms with E-state index >= 15 is 0 Å². The minimum atomic E-state index is 0.200. The lowest BCUT2D eigenvalue weighted by atomic mass is 9.55. The van der Waals surface area contributed by atoms with Gasteiger partial charge in [-0.1, -0.05) is 63.6 Å². The fourth-order valence-corrected chi connectivity index (χ4v) is 8.50. The maximum absolute atomic E-state index is 4.84. The van der Waals surface area contributed by atoms with Gasteiger partial charge in [0.25, 0.3) is 0 Å². The van der Waals surface area contributed by atoms with Gasteiger partial charge >= 0.3 is 0 Å². The number of pyridine rings is 1. The molecular formula is C32H37N. The van der Waals surface area contributed by atoms with Crippen LogP contribution < -0.4 is 0 Å². The summed E-state index contributed by atoms with van der Waals surface area (Å²) in [4.78, 5) is 4.84. The molecule has 0 radical (unpaired) electrons. The highest BCUT2D eigenvalue weighted by Crippen LogP contribution is 2.76. The minimum Gasteiger partial charge on any atom is -0.256 e. The molecular weight excluding hydrogens is 398 g/mol. The van der Waals surface area contributed by atoms with Crippen molar-refractivity contribution < 1.29 is 0 Å². The Hall–Kier alpha value is -2.41. The molecule has 0 amide bonds. The second kappa shape index (κ2) is 6.38. The van der Waals surface area contributed by atoms with Crippen molar-refractivity contribution >= 4 is 0 Å². The quantitative estimate of drug-likeness (QED) is 0.373. The molecule has 3 aromatic rings. The Morgan fingerprint density at radius 1 is 0.636 bits per heavy atom. The van der Waals surface area contributed by atoms with Crippen molar-refractivity contribution in [1.29, 1.82) is 0 Å². The van der Waals surface area contributed by atoms with Crippen LogP contribution in [0.4, 0.5) is 0 Å². The number of fused-ring (bicyclic) bond motifs is 3. The SMILES string of the molecule is Cc1ccc2c(c1)C13CC(C)(C)CC1(CC(C)(C)C3)c1cc(-c3cc(C)c(C)cn3)ccc1-2. The van der Waals surface area contributed by atoms with Crippen LogP contribution in [0.2, 0.25) is 0 Å². The number of aryl methyl sites for hydroxylation is 3. The molecule has 1 nitrogen and oxygen atoms in total. The number of rotatable bonds is 1. The van der Waals surface area contributed by atoms with Gasteiger partial charge in [-0.2, -0.15) is 0 Å². The van der Waals surface area contributed by atoms with Crippen LogP contribution >= 0.6 is 0 Å². The molecule has 0 spiro atoms. The Kier molecular flexibility index (Phi) is 4.09. The van der Waals surface area contributed by atoms with Gasteiger partial charge in [0.15, 0.2) is 0 Å². The lowest BCUT2D eigenvalue weighted by molar-refractivity contribution is 0.264. The van der Waals surface area contributed by atoms with E-state index in [9.17, 15) is 0 Å². The topological polar surface area (TPSA) is 12.9 Å². The van der Waals surface area contributed by atoms with Crippen molar-refractivity contribution in [1.82, 2.24) is 4.98 Å². The molecule has 0 saturated heterocycles. The molecule has 3 aliphatic carbocycles. The van der Waals surface area contributed by atoms with Gasteiger partial charge in [0, 0.05) is 22.6 Å². The monoisotopic (exact) mass is 435 g/mol. The summed E-state index contributed by atoms with van der Waals surface area (Å²) in [5.74, 6) is 0. The maximum atomic E-state index is 4.84. The van der Waals surface area contributed by atoms with Gasteiger partial charge in [0.2, 0.25) is 0 Å². The van der Waals surface area contributed by atoms with Crippen LogP contribution in [-0.2, 0) is 10.8 Å². The number of nitrogens with zero attached hydrogens (tertiary/aromatic N) is 1. The third-order valence-corrected chi connectivity index (χ3v) is 9.22. The zero-order valence-electron chi connectivity index (χ0n) is 21.4. The molecule has 1 heteroatoms. The number of hydrogen-bond donors (Lipinski definition) is 0. The summed E-state index contributed by atoms with van der Waals surface area (Å²) in [6.07, 6.45) is 7.14. The van der Waals surface area contributed by atoms with Gasteiger partial charge in [-0.05, 0) is 103 Å². The van der Waals surface area contributed by atoms with E-state index in [0.29, 0.717) is 10.8 Å². The second-order valence-corrected chi connectivity index (χ2v) is 13.2. The molecule has 2 aromatic carbocycles. The number of hydrogen-bond acceptors (Lipinski definition) is 1. The highest BCUT2D eigenvalue weighted by atomic mass is 14.7. The molecule has 0 bridgehead atoms. The third-order valence-electron chi connectivity index (χ3n) is 9.22. The smallest absolute Gasteiger partial charge is 0.0704 e. The molecule has 170 valence electrons. The van der Waals surface area contributed by atoms with Gasteiger partial charge in [-0.15, -0.1) is 0 Å². The van der Waals surface area contributed by atoms with Crippen molar-refractivity contribution in [3.05, 3.63) is 76.5 Å². The summed E-state index contributed by atoms with van der Waals surface area (Å²) >= 11 is 0. The van der Waals surface area contributed by atoms with Gasteiger partial charge in [0.05, 0.1) is 5.69 Å². The van der Waals surface area contributed by atoms with Crippen LogP contribution in [0, 0.1) is 31.6 Å². The van der Waals surface area contributed by atoms with Gasteiger partial charge < -0.3 is 0 Å². The summed E-state index contributed by atoms with van der Waals surface area (Å²) in [7, 11) is 0. The molecule has 3 aliphatic rings. The molecule has 0 N–H and O–H groups in total. The first-order valence-corrected chi connectivity index (χ1v) is 12.7. The van der Waals surface area contributed by atoms with Crippen LogP contribution in [0.25, 0.3) is 22.4 Å². The second-order valence-electron chi connectivity index (χ2n) is 13.2. The Bertz CT molecular complexity index is 1290. The van der Waals surface area contributed by atoms with Gasteiger partial charge in [-0.25, -0.2) is 0 Å². The predicted molar refractivity (Wildman–Crippen MR) is 139 cm³/mol. The first-order valence-electron chi connectivity index (χ1n) is 12.7. The third kappa shape index (κ3) is 2.81. The average molecular weight is 436 g/mol. The normalized spacial score (nSPS) is 28.1. The summed E-state index contributed by atoms with van der Waals surface area (Å²) < 4.78 is 0. The minimum absolute atomic E-state index is 0.200. The molecule has 1 heterocycles. The molecule has 1 aromatic heterocycles. The first kappa shape index (κ1) is 21.1. The van der Waals surface area contributed by atoms with Gasteiger partial charge in [0.1, 0.15) is 0 Å². The summed E-state index contributed by atoms with van der Waals surface area (Å²) in [5.41, 5.74) is 13.6. The molecule has 0 unspecified atom stereocenters. The molecule has 6 rings (SSSR count). The average Bonchev–Trinajstić information content (AvgIpc) is 3.09. The van der Waals surface area contributed by atoms with E-state index in [0.717, 1.165) is 5.69 Å². The van der Waals surface area contributed by atoms with Crippen molar-refractivity contribution in [2.24, 2.45) is 10.8 Å². The lowest BCUT2D eigenvalue weighted by Gasteiger charge is -2.48. The van der Waals surface area contributed by atoms with Crippen molar-refractivity contribution in [2.75, 3.05) is 0 Å². The highest BCUT2D eigenvalue weighted by molar-refractivity contribution is 5.82. The first-order chi connectivity index (χ1) is 15.5. The van der Waals surface area contributed by atoms with E-state index in [1.54, 1.807) is 11.1 Å². The molecule has 0 aliphatic heterocycles. The zero-order chi connectivity index (χ0) is 23.4. The van der Waals surface area contributed by atoms with E-state index in [4.69, 9.17) is 4.98 Å². The summed E-state index contributed by atoms with van der Waals surface area (Å²) in [6.45, 7) is 16.7. The molecule has 2 fully saturated rings. The van der Waals surface area contributed by atoms with Crippen molar-refractivity contribution in [3.8, 4) is 22.4 Å². The molecule has 2 saturated carbocycles.